The molecule has 33 heavy (non-hydrogen) atoms. The smallest absolute Gasteiger partial charge is 0.331 e. The van der Waals surface area contributed by atoms with E-state index in [0.717, 1.165) is 12.1 Å². The molecule has 0 spiro atoms. The largest absolute Gasteiger partial charge is 0.416 e. The summed E-state index contributed by atoms with van der Waals surface area (Å²) in [4.78, 5) is 16.9. The fourth-order valence-corrected chi connectivity index (χ4v) is 5.03. The Morgan fingerprint density at radius 1 is 1.12 bits per heavy atom. The molecule has 0 aliphatic rings. The van der Waals surface area contributed by atoms with Gasteiger partial charge in [-0.25, -0.2) is 13.4 Å². The highest BCUT2D eigenvalue weighted by Crippen LogP contribution is 2.30. The van der Waals surface area contributed by atoms with Gasteiger partial charge in [0.15, 0.2) is 0 Å². The molecule has 178 valence electrons. The minimum absolute atomic E-state index is 0.00197. The van der Waals surface area contributed by atoms with Gasteiger partial charge < -0.3 is 9.88 Å². The maximum absolute atomic E-state index is 12.8. The number of alkyl halides is 3. The lowest BCUT2D eigenvalue weighted by atomic mass is 10.2. The lowest BCUT2D eigenvalue weighted by Gasteiger charge is -2.18. The van der Waals surface area contributed by atoms with Crippen molar-refractivity contribution in [3.8, 4) is 0 Å². The Bertz CT molecular complexity index is 1270. The van der Waals surface area contributed by atoms with Crippen LogP contribution in [-0.4, -0.2) is 41.3 Å². The number of sulfonamides is 1. The van der Waals surface area contributed by atoms with Crippen LogP contribution in [0, 0.1) is 0 Å². The van der Waals surface area contributed by atoms with Gasteiger partial charge in [0.2, 0.25) is 15.9 Å². The number of hydrogen-bond acceptors (Lipinski definition) is 4. The van der Waals surface area contributed by atoms with Crippen LogP contribution in [0.25, 0.3) is 11.0 Å². The highest BCUT2D eigenvalue weighted by atomic mass is 32.2. The Kier molecular flexibility index (Phi) is 7.13. The lowest BCUT2D eigenvalue weighted by Crippen LogP contribution is -2.30. The standard InChI is InChI=1S/C22H25F3N4O3S/c1-4-29(5-2)33(31,32)17-9-10-19-18(14-17)27-20(28(19)3)11-12-21(30)26-16-8-6-7-15(13-16)22(23,24)25/h6-10,13-14H,4-5,11-12H2,1-3H3,(H,26,30). The van der Waals surface area contributed by atoms with E-state index in [1.807, 2.05) is 0 Å². The van der Waals surface area contributed by atoms with E-state index in [2.05, 4.69) is 10.3 Å². The fraction of sp³-hybridized carbons (Fsp3) is 0.364. The van der Waals surface area contributed by atoms with Crippen molar-refractivity contribution in [2.45, 2.75) is 37.8 Å². The van der Waals surface area contributed by atoms with E-state index in [1.165, 1.54) is 28.6 Å². The Morgan fingerprint density at radius 3 is 2.45 bits per heavy atom. The summed E-state index contributed by atoms with van der Waals surface area (Å²) in [5.41, 5.74) is 0.415. The van der Waals surface area contributed by atoms with Crippen molar-refractivity contribution in [1.82, 2.24) is 13.9 Å². The summed E-state index contributed by atoms with van der Waals surface area (Å²) in [5, 5.41) is 2.47. The Morgan fingerprint density at radius 2 is 1.82 bits per heavy atom. The number of nitrogens with zero attached hydrogens (tertiary/aromatic N) is 3. The molecule has 0 radical (unpaired) electrons. The molecule has 0 aliphatic carbocycles. The molecule has 2 aromatic carbocycles. The molecule has 7 nitrogen and oxygen atoms in total. The first-order valence-corrected chi connectivity index (χ1v) is 11.8. The SMILES string of the molecule is CCN(CC)S(=O)(=O)c1ccc2c(c1)nc(CCC(=O)Nc1cccc(C(F)(F)F)c1)n2C. The number of fused-ring (bicyclic) bond motifs is 1. The second kappa shape index (κ2) is 9.52. The first-order valence-electron chi connectivity index (χ1n) is 10.4. The number of aromatic nitrogens is 2. The van der Waals surface area contributed by atoms with Gasteiger partial charge in [-0.3, -0.25) is 4.79 Å². The van der Waals surface area contributed by atoms with Crippen LogP contribution >= 0.6 is 0 Å². The third-order valence-corrected chi connectivity index (χ3v) is 7.38. The summed E-state index contributed by atoms with van der Waals surface area (Å²) in [6.45, 7) is 4.24. The summed E-state index contributed by atoms with van der Waals surface area (Å²) < 4.78 is 67.2. The zero-order chi connectivity index (χ0) is 24.4. The number of carbonyl (C=O) groups excluding carboxylic acids is 1. The fourth-order valence-electron chi connectivity index (χ4n) is 3.55. The van der Waals surface area contributed by atoms with Crippen molar-refractivity contribution in [3.63, 3.8) is 0 Å². The van der Waals surface area contributed by atoms with E-state index in [0.29, 0.717) is 29.9 Å². The monoisotopic (exact) mass is 482 g/mol. The highest BCUT2D eigenvalue weighted by molar-refractivity contribution is 7.89. The number of hydrogen-bond donors (Lipinski definition) is 1. The number of rotatable bonds is 8. The lowest BCUT2D eigenvalue weighted by molar-refractivity contribution is -0.137. The molecular weight excluding hydrogens is 457 g/mol. The molecule has 0 unspecified atom stereocenters. The average Bonchev–Trinajstić information content (AvgIpc) is 3.07. The molecule has 1 amide bonds. The van der Waals surface area contributed by atoms with Gasteiger partial charge in [0, 0.05) is 38.7 Å². The average molecular weight is 483 g/mol. The molecule has 1 aromatic heterocycles. The van der Waals surface area contributed by atoms with Gasteiger partial charge in [-0.2, -0.15) is 17.5 Å². The van der Waals surface area contributed by atoms with Crippen LogP contribution in [0.2, 0.25) is 0 Å². The van der Waals surface area contributed by atoms with Crippen molar-refractivity contribution in [2.75, 3.05) is 18.4 Å². The summed E-state index contributed by atoms with van der Waals surface area (Å²) in [6, 6.07) is 9.14. The summed E-state index contributed by atoms with van der Waals surface area (Å²) in [6.07, 6.45) is -4.27. The number of halogens is 3. The molecule has 0 saturated carbocycles. The minimum atomic E-state index is -4.49. The number of carbonyl (C=O) groups is 1. The normalized spacial score (nSPS) is 12.5. The Labute approximate surface area is 190 Å². The topological polar surface area (TPSA) is 84.3 Å². The third-order valence-electron chi connectivity index (χ3n) is 5.34. The molecule has 0 fully saturated rings. The van der Waals surface area contributed by atoms with Gasteiger partial charge in [0.1, 0.15) is 5.82 Å². The molecule has 11 heteroatoms. The molecular formula is C22H25F3N4O3S. The summed E-state index contributed by atoms with van der Waals surface area (Å²) >= 11 is 0. The molecule has 3 rings (SSSR count). The summed E-state index contributed by atoms with van der Waals surface area (Å²) in [5.74, 6) is 0.104. The van der Waals surface area contributed by atoms with Gasteiger partial charge in [0.25, 0.3) is 0 Å². The van der Waals surface area contributed by atoms with Gasteiger partial charge >= 0.3 is 6.18 Å². The molecule has 0 bridgehead atoms. The number of anilines is 1. The minimum Gasteiger partial charge on any atom is -0.331 e. The maximum Gasteiger partial charge on any atom is 0.416 e. The molecule has 1 N–H and O–H groups in total. The Hall–Kier alpha value is -2.92. The predicted octanol–water partition coefficient (Wildman–Crippen LogP) is 4.19. The first-order chi connectivity index (χ1) is 15.5. The molecule has 1 heterocycles. The van der Waals surface area contributed by atoms with Crippen LogP contribution in [0.4, 0.5) is 18.9 Å². The quantitative estimate of drug-likeness (QED) is 0.522. The van der Waals surface area contributed by atoms with Crippen molar-refractivity contribution < 1.29 is 26.4 Å². The van der Waals surface area contributed by atoms with Gasteiger partial charge in [-0.1, -0.05) is 19.9 Å². The highest BCUT2D eigenvalue weighted by Gasteiger charge is 2.30. The number of imidazole rings is 1. The van der Waals surface area contributed by atoms with Crippen molar-refractivity contribution >= 4 is 32.7 Å². The maximum atomic E-state index is 12.8. The van der Waals surface area contributed by atoms with Crippen LogP contribution in [0.15, 0.2) is 47.4 Å². The van der Waals surface area contributed by atoms with Crippen LogP contribution in [-0.2, 0) is 34.5 Å². The van der Waals surface area contributed by atoms with Crippen LogP contribution in [0.3, 0.4) is 0 Å². The van der Waals surface area contributed by atoms with Crippen molar-refractivity contribution in [3.05, 3.63) is 53.9 Å². The summed E-state index contributed by atoms with van der Waals surface area (Å²) in [7, 11) is -1.87. The first kappa shape index (κ1) is 24.7. The van der Waals surface area contributed by atoms with Crippen molar-refractivity contribution in [1.29, 1.82) is 0 Å². The predicted molar refractivity (Wildman–Crippen MR) is 119 cm³/mol. The number of amides is 1. The van der Waals surface area contributed by atoms with Crippen molar-refractivity contribution in [2.24, 2.45) is 7.05 Å². The van der Waals surface area contributed by atoms with E-state index < -0.39 is 27.7 Å². The number of aryl methyl sites for hydroxylation is 2. The molecule has 0 atom stereocenters. The number of benzene rings is 2. The zero-order valence-corrected chi connectivity index (χ0v) is 19.3. The van der Waals surface area contributed by atoms with Crippen LogP contribution in [0.1, 0.15) is 31.7 Å². The van der Waals surface area contributed by atoms with Gasteiger partial charge in [0.05, 0.1) is 21.5 Å². The van der Waals surface area contributed by atoms with Gasteiger partial charge in [-0.05, 0) is 36.4 Å². The van der Waals surface area contributed by atoms with E-state index in [1.54, 1.807) is 31.5 Å². The second-order valence-electron chi connectivity index (χ2n) is 7.45. The second-order valence-corrected chi connectivity index (χ2v) is 9.39. The van der Waals surface area contributed by atoms with E-state index >= 15 is 0 Å². The van der Waals surface area contributed by atoms with E-state index in [9.17, 15) is 26.4 Å². The number of nitrogens with one attached hydrogen (secondary N) is 1. The van der Waals surface area contributed by atoms with Crippen LogP contribution in [0.5, 0.6) is 0 Å². The van der Waals surface area contributed by atoms with Crippen LogP contribution < -0.4 is 5.32 Å². The molecule has 3 aromatic rings. The molecule has 0 aliphatic heterocycles. The zero-order valence-electron chi connectivity index (χ0n) is 18.5. The third kappa shape index (κ3) is 5.36. The van der Waals surface area contributed by atoms with Gasteiger partial charge in [-0.15, -0.1) is 0 Å². The molecule has 0 saturated heterocycles. The Balaban J connectivity index is 1.75. The van der Waals surface area contributed by atoms with E-state index in [4.69, 9.17) is 0 Å². The van der Waals surface area contributed by atoms with E-state index in [-0.39, 0.29) is 23.4 Å².